The molecule has 0 saturated heterocycles. The second-order valence-electron chi connectivity index (χ2n) is 7.84. The van der Waals surface area contributed by atoms with Gasteiger partial charge in [0.2, 0.25) is 5.24 Å². The number of carbonyl (C=O) groups excluding carboxylic acids is 1. The maximum Gasteiger partial charge on any atom is 1.00 e. The average Bonchev–Trinajstić information content (AvgIpc) is 3.04. The monoisotopic (exact) mass is 720 g/mol. The molecule has 0 unspecified atom stereocenters. The molecule has 0 aliphatic heterocycles. The summed E-state index contributed by atoms with van der Waals surface area (Å²) in [6, 6.07) is 36.7. The SMILES string of the molecule is O=C(Cl)c1cc[c-]c(-c2ccccn2)c1.[Os+].c1ccc(-c2ccccn2)nc1.c1ccc(-c2ccccn2)nc1. The zero-order chi connectivity index (χ0) is 27.1. The predicted molar refractivity (Wildman–Crippen MR) is 154 cm³/mol. The maximum absolute atomic E-state index is 11.0. The molecule has 197 valence electrons. The minimum Gasteiger partial charge on any atom is -0.305 e. The van der Waals surface area contributed by atoms with E-state index in [9.17, 15) is 4.79 Å². The molecule has 0 aliphatic rings. The van der Waals surface area contributed by atoms with Crippen molar-refractivity contribution in [1.29, 1.82) is 0 Å². The van der Waals surface area contributed by atoms with Gasteiger partial charge in [-0.05, 0) is 77.5 Å². The van der Waals surface area contributed by atoms with E-state index in [0.29, 0.717) is 5.56 Å². The molecule has 0 fully saturated rings. The van der Waals surface area contributed by atoms with Gasteiger partial charge in [-0.1, -0.05) is 36.4 Å². The van der Waals surface area contributed by atoms with Crippen LogP contribution in [0.1, 0.15) is 10.4 Å². The van der Waals surface area contributed by atoms with Gasteiger partial charge in [0.1, 0.15) is 0 Å². The van der Waals surface area contributed by atoms with Crippen LogP contribution in [0.2, 0.25) is 0 Å². The summed E-state index contributed by atoms with van der Waals surface area (Å²) in [5, 5.41) is -0.471. The van der Waals surface area contributed by atoms with E-state index in [0.717, 1.165) is 34.0 Å². The van der Waals surface area contributed by atoms with Crippen molar-refractivity contribution >= 4 is 16.8 Å². The van der Waals surface area contributed by atoms with Gasteiger partial charge in [-0.25, -0.2) is 0 Å². The molecule has 6 nitrogen and oxygen atoms in total. The molecule has 0 amide bonds. The first kappa shape index (κ1) is 30.1. The smallest absolute Gasteiger partial charge is 0.305 e. The summed E-state index contributed by atoms with van der Waals surface area (Å²) in [6.07, 6.45) is 8.76. The largest absolute Gasteiger partial charge is 1.00 e. The van der Waals surface area contributed by atoms with E-state index in [1.165, 1.54) is 0 Å². The zero-order valence-electron chi connectivity index (χ0n) is 21.2. The third-order valence-corrected chi connectivity index (χ3v) is 5.37. The van der Waals surface area contributed by atoms with Crippen LogP contribution in [0.5, 0.6) is 0 Å². The van der Waals surface area contributed by atoms with Gasteiger partial charge in [-0.3, -0.25) is 24.7 Å². The van der Waals surface area contributed by atoms with Gasteiger partial charge in [0.05, 0.1) is 22.8 Å². The van der Waals surface area contributed by atoms with E-state index in [-0.39, 0.29) is 19.8 Å². The Bertz CT molecular complexity index is 1410. The molecule has 0 N–H and O–H groups in total. The van der Waals surface area contributed by atoms with E-state index < -0.39 is 5.24 Å². The van der Waals surface area contributed by atoms with Crippen molar-refractivity contribution in [2.45, 2.75) is 0 Å². The third-order valence-electron chi connectivity index (χ3n) is 5.15. The minimum atomic E-state index is -0.471. The Morgan fingerprint density at radius 3 is 1.18 bits per heavy atom. The zero-order valence-corrected chi connectivity index (χ0v) is 24.5. The van der Waals surface area contributed by atoms with Crippen LogP contribution in [0.15, 0.2) is 140 Å². The number of carbonyl (C=O) groups is 1. The minimum absolute atomic E-state index is 0. The summed E-state index contributed by atoms with van der Waals surface area (Å²) >= 11 is 5.39. The van der Waals surface area contributed by atoms with Crippen molar-refractivity contribution in [1.82, 2.24) is 24.9 Å². The van der Waals surface area contributed by atoms with Crippen LogP contribution in [-0.2, 0) is 19.8 Å². The second-order valence-corrected chi connectivity index (χ2v) is 8.18. The number of hydrogen-bond acceptors (Lipinski definition) is 6. The Labute approximate surface area is 251 Å². The Morgan fingerprint density at radius 2 is 0.875 bits per heavy atom. The van der Waals surface area contributed by atoms with Crippen molar-refractivity contribution in [3.05, 3.63) is 152 Å². The first-order chi connectivity index (χ1) is 19.2. The number of hydrogen-bond donors (Lipinski definition) is 0. The molecule has 0 atom stereocenters. The fraction of sp³-hybridized carbons (Fsp3) is 0. The van der Waals surface area contributed by atoms with Crippen molar-refractivity contribution in [3.8, 4) is 34.0 Å². The molecule has 6 rings (SSSR count). The summed E-state index contributed by atoms with van der Waals surface area (Å²) < 4.78 is 0. The van der Waals surface area contributed by atoms with Crippen LogP contribution >= 0.6 is 11.6 Å². The maximum atomic E-state index is 11.0. The quantitative estimate of drug-likeness (QED) is 0.142. The van der Waals surface area contributed by atoms with Gasteiger partial charge in [-0.2, -0.15) is 0 Å². The Balaban J connectivity index is 0.000000165. The normalized spacial score (nSPS) is 9.53. The standard InChI is InChI=1S/C12H7ClNO.2C10H8N2.Os/c13-12(15)10-5-3-4-9(8-10)11-6-1-2-7-14-11;2*1-3-7-11-9(5-1)10-6-2-4-8-12-10;/h1-3,5-8H;2*1-8H;/q-1;;;+1. The molecule has 0 aliphatic carbocycles. The van der Waals surface area contributed by atoms with Gasteiger partial charge >= 0.3 is 19.8 Å². The molecule has 1 radical (unpaired) electrons. The summed E-state index contributed by atoms with van der Waals surface area (Å²) in [5.74, 6) is 0. The number of nitrogens with zero attached hydrogens (tertiary/aromatic N) is 5. The fourth-order valence-electron chi connectivity index (χ4n) is 3.32. The van der Waals surface area contributed by atoms with Gasteiger partial charge in [-0.15, -0.1) is 29.8 Å². The predicted octanol–water partition coefficient (Wildman–Crippen LogP) is 7.21. The molecule has 1 aromatic carbocycles. The number of pyridine rings is 5. The van der Waals surface area contributed by atoms with Crippen molar-refractivity contribution in [2.75, 3.05) is 0 Å². The van der Waals surface area contributed by atoms with E-state index in [1.807, 2.05) is 91.0 Å². The van der Waals surface area contributed by atoms with Crippen LogP contribution in [0.3, 0.4) is 0 Å². The topological polar surface area (TPSA) is 81.5 Å². The Hall–Kier alpha value is -4.43. The number of benzene rings is 1. The molecular formula is C32H23ClN5OOs. The summed E-state index contributed by atoms with van der Waals surface area (Å²) in [4.78, 5) is 31.9. The van der Waals surface area contributed by atoms with Gasteiger partial charge < -0.3 is 4.98 Å². The molecule has 5 aromatic heterocycles. The fourth-order valence-corrected chi connectivity index (χ4v) is 3.43. The van der Waals surface area contributed by atoms with Crippen LogP contribution < -0.4 is 0 Å². The molecule has 8 heteroatoms. The Kier molecular flexibility index (Phi) is 12.4. The first-order valence-electron chi connectivity index (χ1n) is 12.0. The molecule has 6 aromatic rings. The summed E-state index contributed by atoms with van der Waals surface area (Å²) in [7, 11) is 0. The molecule has 40 heavy (non-hydrogen) atoms. The van der Waals surface area contributed by atoms with E-state index in [4.69, 9.17) is 11.6 Å². The van der Waals surface area contributed by atoms with Gasteiger partial charge in [0, 0.05) is 31.0 Å². The van der Waals surface area contributed by atoms with E-state index >= 15 is 0 Å². The average molecular weight is 719 g/mol. The molecule has 0 bridgehead atoms. The van der Waals surface area contributed by atoms with E-state index in [2.05, 4.69) is 31.0 Å². The number of halogens is 1. The van der Waals surface area contributed by atoms with Gasteiger partial charge in [0.25, 0.3) is 0 Å². The second kappa shape index (κ2) is 16.5. The Morgan fingerprint density at radius 1 is 0.525 bits per heavy atom. The molecule has 0 saturated carbocycles. The number of aromatic nitrogens is 5. The van der Waals surface area contributed by atoms with Crippen LogP contribution in [0.25, 0.3) is 34.0 Å². The molecular weight excluding hydrogens is 696 g/mol. The first-order valence-corrected chi connectivity index (χ1v) is 12.4. The number of rotatable bonds is 4. The van der Waals surface area contributed by atoms with Crippen LogP contribution in [0.4, 0.5) is 0 Å². The van der Waals surface area contributed by atoms with Crippen molar-refractivity contribution in [3.63, 3.8) is 0 Å². The van der Waals surface area contributed by atoms with Gasteiger partial charge in [0.15, 0.2) is 0 Å². The van der Waals surface area contributed by atoms with Crippen molar-refractivity contribution in [2.24, 2.45) is 0 Å². The molecule has 0 spiro atoms. The van der Waals surface area contributed by atoms with Crippen molar-refractivity contribution < 1.29 is 24.6 Å². The summed E-state index contributed by atoms with van der Waals surface area (Å²) in [5.41, 5.74) is 5.66. The molecule has 5 heterocycles. The van der Waals surface area contributed by atoms with E-state index in [1.54, 1.807) is 49.2 Å². The third kappa shape index (κ3) is 9.39. The van der Waals surface area contributed by atoms with Crippen LogP contribution in [0, 0.1) is 6.07 Å². The summed E-state index contributed by atoms with van der Waals surface area (Å²) in [6.45, 7) is 0. The van der Waals surface area contributed by atoms with Crippen LogP contribution in [-0.4, -0.2) is 30.2 Å².